The highest BCUT2D eigenvalue weighted by atomic mass is 79.9. The zero-order chi connectivity index (χ0) is 10.3. The van der Waals surface area contributed by atoms with Gasteiger partial charge in [0.05, 0.1) is 6.10 Å². The van der Waals surface area contributed by atoms with E-state index in [1.54, 1.807) is 11.3 Å². The summed E-state index contributed by atoms with van der Waals surface area (Å²) < 4.78 is 1.14. The fourth-order valence-corrected chi connectivity index (χ4v) is 3.53. The van der Waals surface area contributed by atoms with E-state index in [2.05, 4.69) is 35.2 Å². The normalized spacial score (nSPS) is 26.1. The number of hydrogen-bond acceptors (Lipinski definition) is 2. The van der Waals surface area contributed by atoms with E-state index in [-0.39, 0.29) is 6.10 Å². The van der Waals surface area contributed by atoms with Crippen LogP contribution in [0.5, 0.6) is 0 Å². The summed E-state index contributed by atoms with van der Waals surface area (Å²) in [6.45, 7) is 4.45. The number of rotatable bonds is 3. The van der Waals surface area contributed by atoms with Gasteiger partial charge in [0.1, 0.15) is 0 Å². The van der Waals surface area contributed by atoms with Crippen LogP contribution in [-0.4, -0.2) is 11.2 Å². The number of halogens is 1. The third-order valence-corrected chi connectivity index (χ3v) is 5.09. The highest BCUT2D eigenvalue weighted by Gasteiger charge is 2.49. The van der Waals surface area contributed by atoms with E-state index in [1.165, 1.54) is 4.88 Å². The molecule has 0 aliphatic heterocycles. The molecule has 1 aromatic rings. The maximum Gasteiger partial charge on any atom is 0.0622 e. The van der Waals surface area contributed by atoms with Crippen molar-refractivity contribution in [2.24, 2.45) is 11.3 Å². The van der Waals surface area contributed by atoms with Crippen LogP contribution in [0.25, 0.3) is 0 Å². The Morgan fingerprint density at radius 1 is 1.71 bits per heavy atom. The van der Waals surface area contributed by atoms with Crippen molar-refractivity contribution in [3.63, 3.8) is 0 Å². The van der Waals surface area contributed by atoms with Crippen LogP contribution in [0.1, 0.15) is 25.1 Å². The molecule has 14 heavy (non-hydrogen) atoms. The van der Waals surface area contributed by atoms with Gasteiger partial charge < -0.3 is 5.11 Å². The fourth-order valence-electron chi connectivity index (χ4n) is 1.97. The summed E-state index contributed by atoms with van der Waals surface area (Å²) >= 11 is 5.21. The van der Waals surface area contributed by atoms with Crippen LogP contribution in [-0.2, 0) is 6.42 Å². The molecule has 2 unspecified atom stereocenters. The Bertz CT molecular complexity index is 332. The summed E-state index contributed by atoms with van der Waals surface area (Å²) in [6.07, 6.45) is 1.80. The molecule has 3 heteroatoms. The number of hydrogen-bond donors (Lipinski definition) is 1. The van der Waals surface area contributed by atoms with E-state index in [1.807, 2.05) is 6.07 Å². The smallest absolute Gasteiger partial charge is 0.0622 e. The van der Waals surface area contributed by atoms with Crippen molar-refractivity contribution in [1.82, 2.24) is 0 Å². The summed E-state index contributed by atoms with van der Waals surface area (Å²) in [5, 5.41) is 12.1. The molecule has 1 saturated carbocycles. The minimum atomic E-state index is -0.167. The number of aliphatic hydroxyl groups excluding tert-OH is 1. The zero-order valence-electron chi connectivity index (χ0n) is 8.46. The van der Waals surface area contributed by atoms with E-state index >= 15 is 0 Å². The van der Waals surface area contributed by atoms with Crippen molar-refractivity contribution < 1.29 is 5.11 Å². The molecule has 0 amide bonds. The lowest BCUT2D eigenvalue weighted by Crippen LogP contribution is -2.15. The van der Waals surface area contributed by atoms with Crippen molar-refractivity contribution >= 4 is 27.3 Å². The first-order valence-electron chi connectivity index (χ1n) is 4.90. The Balaban J connectivity index is 1.96. The molecule has 0 radical (unpaired) electrons. The van der Waals surface area contributed by atoms with Crippen molar-refractivity contribution in [2.75, 3.05) is 0 Å². The number of aliphatic hydroxyl groups is 1. The summed E-state index contributed by atoms with van der Waals surface area (Å²) in [6, 6.07) is 2.05. The van der Waals surface area contributed by atoms with Gasteiger partial charge in [-0.2, -0.15) is 0 Å². The number of thiophene rings is 1. The topological polar surface area (TPSA) is 20.2 Å². The van der Waals surface area contributed by atoms with Crippen LogP contribution in [0.2, 0.25) is 0 Å². The molecule has 0 bridgehead atoms. The molecular weight excluding hydrogens is 260 g/mol. The van der Waals surface area contributed by atoms with Gasteiger partial charge in [0.2, 0.25) is 0 Å². The van der Waals surface area contributed by atoms with Gasteiger partial charge in [-0.1, -0.05) is 13.8 Å². The van der Waals surface area contributed by atoms with Crippen molar-refractivity contribution in [3.05, 3.63) is 20.8 Å². The standard InChI is InChI=1S/C11H15BrOS/c1-11(2)6-7(11)9(13)5-10-8(12)3-4-14-10/h3-4,7,9,13H,5-6H2,1-2H3. The van der Waals surface area contributed by atoms with Crippen LogP contribution in [0.15, 0.2) is 15.9 Å². The monoisotopic (exact) mass is 274 g/mol. The van der Waals surface area contributed by atoms with E-state index in [0.29, 0.717) is 11.3 Å². The average Bonchev–Trinajstić information content (AvgIpc) is 2.54. The first-order chi connectivity index (χ1) is 6.50. The van der Waals surface area contributed by atoms with Crippen molar-refractivity contribution in [3.8, 4) is 0 Å². The molecule has 1 heterocycles. The molecule has 0 saturated heterocycles. The lowest BCUT2D eigenvalue weighted by Gasteiger charge is -2.11. The quantitative estimate of drug-likeness (QED) is 0.895. The maximum absolute atomic E-state index is 10.0. The first-order valence-corrected chi connectivity index (χ1v) is 6.58. The highest BCUT2D eigenvalue weighted by molar-refractivity contribution is 9.10. The molecule has 2 atom stereocenters. The average molecular weight is 275 g/mol. The zero-order valence-corrected chi connectivity index (χ0v) is 10.9. The van der Waals surface area contributed by atoms with Gasteiger partial charge in [0, 0.05) is 15.8 Å². The maximum atomic E-state index is 10.0. The predicted molar refractivity (Wildman–Crippen MR) is 63.6 cm³/mol. The molecular formula is C11H15BrOS. The largest absolute Gasteiger partial charge is 0.392 e. The van der Waals surface area contributed by atoms with E-state index in [0.717, 1.165) is 17.3 Å². The van der Waals surface area contributed by atoms with E-state index in [4.69, 9.17) is 0 Å². The van der Waals surface area contributed by atoms with Gasteiger partial charge in [-0.15, -0.1) is 11.3 Å². The minimum Gasteiger partial charge on any atom is -0.392 e. The van der Waals surface area contributed by atoms with Gasteiger partial charge >= 0.3 is 0 Å². The van der Waals surface area contributed by atoms with Crippen molar-refractivity contribution in [2.45, 2.75) is 32.8 Å². The second-order valence-electron chi connectivity index (χ2n) is 4.76. The van der Waals surface area contributed by atoms with Gasteiger partial charge in [0.25, 0.3) is 0 Å². The van der Waals surface area contributed by atoms with Crippen LogP contribution >= 0.6 is 27.3 Å². The molecule has 1 aliphatic carbocycles. The Kier molecular flexibility index (Phi) is 2.75. The lowest BCUT2D eigenvalue weighted by molar-refractivity contribution is 0.137. The van der Waals surface area contributed by atoms with Crippen molar-refractivity contribution in [1.29, 1.82) is 0 Å². The first kappa shape index (κ1) is 10.7. The Morgan fingerprint density at radius 3 is 2.79 bits per heavy atom. The molecule has 1 fully saturated rings. The fraction of sp³-hybridized carbons (Fsp3) is 0.636. The Labute approximate surface area is 97.3 Å². The highest BCUT2D eigenvalue weighted by Crippen LogP contribution is 2.54. The molecule has 0 spiro atoms. The van der Waals surface area contributed by atoms with Gasteiger partial charge in [-0.3, -0.25) is 0 Å². The van der Waals surface area contributed by atoms with E-state index < -0.39 is 0 Å². The SMILES string of the molecule is CC1(C)CC1C(O)Cc1sccc1Br. The second-order valence-corrected chi connectivity index (χ2v) is 6.62. The summed E-state index contributed by atoms with van der Waals surface area (Å²) in [7, 11) is 0. The predicted octanol–water partition coefficient (Wildman–Crippen LogP) is 3.46. The van der Waals surface area contributed by atoms with Crippen LogP contribution in [0.3, 0.4) is 0 Å². The lowest BCUT2D eigenvalue weighted by atomic mass is 10.0. The molecule has 0 aromatic carbocycles. The minimum absolute atomic E-state index is 0.167. The summed E-state index contributed by atoms with van der Waals surface area (Å²) in [5.41, 5.74) is 0.364. The third-order valence-electron chi connectivity index (χ3n) is 3.14. The summed E-state index contributed by atoms with van der Waals surface area (Å²) in [4.78, 5) is 1.26. The summed E-state index contributed by atoms with van der Waals surface area (Å²) in [5.74, 6) is 0.497. The molecule has 78 valence electrons. The Morgan fingerprint density at radius 2 is 2.36 bits per heavy atom. The van der Waals surface area contributed by atoms with Gasteiger partial charge in [-0.05, 0) is 45.1 Å². The third kappa shape index (κ3) is 2.05. The van der Waals surface area contributed by atoms with Gasteiger partial charge in [0.15, 0.2) is 0 Å². The molecule has 1 aliphatic rings. The Hall–Kier alpha value is 0.140. The molecule has 1 N–H and O–H groups in total. The second kappa shape index (κ2) is 3.62. The van der Waals surface area contributed by atoms with Crippen LogP contribution in [0, 0.1) is 11.3 Å². The van der Waals surface area contributed by atoms with E-state index in [9.17, 15) is 5.11 Å². The van der Waals surface area contributed by atoms with Crippen LogP contribution in [0.4, 0.5) is 0 Å². The van der Waals surface area contributed by atoms with Gasteiger partial charge in [-0.25, -0.2) is 0 Å². The van der Waals surface area contributed by atoms with Crippen LogP contribution < -0.4 is 0 Å². The molecule has 2 rings (SSSR count). The molecule has 1 nitrogen and oxygen atoms in total. The molecule has 1 aromatic heterocycles.